The van der Waals surface area contributed by atoms with E-state index in [0.29, 0.717) is 6.61 Å². The van der Waals surface area contributed by atoms with Gasteiger partial charge in [0.2, 0.25) is 0 Å². The Morgan fingerprint density at radius 2 is 1.15 bits per heavy atom. The van der Waals surface area contributed by atoms with Crippen molar-refractivity contribution in [3.63, 3.8) is 0 Å². The maximum absolute atomic E-state index is 10.3. The highest BCUT2D eigenvalue weighted by molar-refractivity contribution is 5.68. The van der Waals surface area contributed by atoms with Gasteiger partial charge in [-0.05, 0) is 19.3 Å². The van der Waals surface area contributed by atoms with E-state index in [-0.39, 0.29) is 6.42 Å². The molecule has 0 amide bonds. The van der Waals surface area contributed by atoms with Gasteiger partial charge in [-0.25, -0.2) is 0 Å². The predicted molar refractivity (Wildman–Crippen MR) is 83.9 cm³/mol. The molecular weight excluding hydrogens is 252 g/mol. The number of carboxylic acids is 1. The molecular formula is C17H32O3. The topological polar surface area (TPSA) is 57.5 Å². The third kappa shape index (κ3) is 17.2. The van der Waals surface area contributed by atoms with Crippen molar-refractivity contribution >= 4 is 5.97 Å². The number of rotatable bonds is 15. The summed E-state index contributed by atoms with van der Waals surface area (Å²) in [6.45, 7) is 0.339. The Balaban J connectivity index is 3.02. The predicted octanol–water partition coefficient (Wildman–Crippen LogP) is 4.69. The van der Waals surface area contributed by atoms with E-state index in [1.807, 2.05) is 6.08 Å². The van der Waals surface area contributed by atoms with Gasteiger partial charge in [0.15, 0.2) is 0 Å². The first-order chi connectivity index (χ1) is 9.77. The summed E-state index contributed by atoms with van der Waals surface area (Å²) in [6.07, 6.45) is 18.7. The van der Waals surface area contributed by atoms with Gasteiger partial charge in [-0.3, -0.25) is 4.79 Å². The van der Waals surface area contributed by atoms with Gasteiger partial charge in [0.1, 0.15) is 0 Å². The van der Waals surface area contributed by atoms with Crippen LogP contribution in [0.2, 0.25) is 0 Å². The second-order valence-corrected chi connectivity index (χ2v) is 5.47. The van der Waals surface area contributed by atoms with Gasteiger partial charge in [0.05, 0.1) is 6.42 Å². The number of aliphatic hydroxyl groups excluding tert-OH is 1. The molecule has 3 heteroatoms. The van der Waals surface area contributed by atoms with Crippen LogP contribution >= 0.6 is 0 Å². The first-order valence-electron chi connectivity index (χ1n) is 8.25. The Hall–Kier alpha value is -0.830. The number of hydrogen-bond donors (Lipinski definition) is 2. The largest absolute Gasteiger partial charge is 0.481 e. The van der Waals surface area contributed by atoms with Crippen LogP contribution < -0.4 is 0 Å². The highest BCUT2D eigenvalue weighted by Gasteiger charge is 1.93. The van der Waals surface area contributed by atoms with Crippen molar-refractivity contribution in [2.45, 2.75) is 83.5 Å². The molecule has 3 nitrogen and oxygen atoms in total. The van der Waals surface area contributed by atoms with Crippen LogP contribution in [0.5, 0.6) is 0 Å². The molecule has 0 heterocycles. The molecule has 0 bridgehead atoms. The normalized spacial score (nSPS) is 11.2. The summed E-state index contributed by atoms with van der Waals surface area (Å²) in [5.74, 6) is -0.752. The molecule has 0 spiro atoms. The van der Waals surface area contributed by atoms with Gasteiger partial charge in [0, 0.05) is 6.61 Å². The van der Waals surface area contributed by atoms with E-state index >= 15 is 0 Å². The van der Waals surface area contributed by atoms with Crippen LogP contribution in [-0.4, -0.2) is 22.8 Å². The van der Waals surface area contributed by atoms with Gasteiger partial charge in [0.25, 0.3) is 0 Å². The van der Waals surface area contributed by atoms with Crippen LogP contribution in [0.25, 0.3) is 0 Å². The highest BCUT2D eigenvalue weighted by Crippen LogP contribution is 2.12. The molecule has 0 unspecified atom stereocenters. The summed E-state index contributed by atoms with van der Waals surface area (Å²) in [6, 6.07) is 0. The molecule has 0 aromatic carbocycles. The maximum atomic E-state index is 10.3. The summed E-state index contributed by atoms with van der Waals surface area (Å²) >= 11 is 0. The quantitative estimate of drug-likeness (QED) is 0.339. The number of allylic oxidation sites excluding steroid dienone is 1. The number of aliphatic hydroxyl groups is 1. The first-order valence-corrected chi connectivity index (χ1v) is 8.25. The minimum atomic E-state index is -0.752. The molecule has 0 saturated carbocycles. The van der Waals surface area contributed by atoms with E-state index in [1.165, 1.54) is 64.2 Å². The molecule has 0 aliphatic rings. The van der Waals surface area contributed by atoms with E-state index in [1.54, 1.807) is 6.08 Å². The maximum Gasteiger partial charge on any atom is 0.307 e. The van der Waals surface area contributed by atoms with Crippen molar-refractivity contribution in [3.05, 3.63) is 12.2 Å². The lowest BCUT2D eigenvalue weighted by atomic mass is 10.1. The lowest BCUT2D eigenvalue weighted by Crippen LogP contribution is -1.89. The molecule has 0 aliphatic carbocycles. The lowest BCUT2D eigenvalue weighted by Gasteiger charge is -2.02. The third-order valence-corrected chi connectivity index (χ3v) is 3.49. The van der Waals surface area contributed by atoms with Crippen LogP contribution in [0.4, 0.5) is 0 Å². The summed E-state index contributed by atoms with van der Waals surface area (Å²) in [5.41, 5.74) is 0. The molecule has 0 radical (unpaired) electrons. The van der Waals surface area contributed by atoms with Crippen molar-refractivity contribution in [1.82, 2.24) is 0 Å². The van der Waals surface area contributed by atoms with Gasteiger partial charge in [-0.15, -0.1) is 0 Å². The smallest absolute Gasteiger partial charge is 0.307 e. The van der Waals surface area contributed by atoms with Crippen molar-refractivity contribution in [1.29, 1.82) is 0 Å². The Morgan fingerprint density at radius 1 is 0.700 bits per heavy atom. The molecule has 0 saturated heterocycles. The minimum Gasteiger partial charge on any atom is -0.481 e. The fourth-order valence-corrected chi connectivity index (χ4v) is 2.27. The van der Waals surface area contributed by atoms with Crippen molar-refractivity contribution in [2.24, 2.45) is 0 Å². The Labute approximate surface area is 124 Å². The lowest BCUT2D eigenvalue weighted by molar-refractivity contribution is -0.136. The Bertz CT molecular complexity index is 236. The van der Waals surface area contributed by atoms with Crippen molar-refractivity contribution in [3.8, 4) is 0 Å². The van der Waals surface area contributed by atoms with Crippen LogP contribution in [0.15, 0.2) is 12.2 Å². The van der Waals surface area contributed by atoms with Crippen LogP contribution in [0.3, 0.4) is 0 Å². The van der Waals surface area contributed by atoms with E-state index in [0.717, 1.165) is 12.8 Å². The Morgan fingerprint density at radius 3 is 1.60 bits per heavy atom. The van der Waals surface area contributed by atoms with Crippen LogP contribution in [0.1, 0.15) is 83.5 Å². The Kier molecular flexibility index (Phi) is 15.6. The molecule has 0 aliphatic heterocycles. The summed E-state index contributed by atoms with van der Waals surface area (Å²) in [4.78, 5) is 10.3. The molecule has 118 valence electrons. The molecule has 0 aromatic heterocycles. The van der Waals surface area contributed by atoms with Gasteiger partial charge in [-0.2, -0.15) is 0 Å². The molecule has 0 fully saturated rings. The molecule has 2 N–H and O–H groups in total. The standard InChI is InChI=1S/C17H32O3/c18-16-14-12-10-8-6-4-2-1-3-5-7-9-11-13-15-17(19)20/h11,13,18H,1-10,12,14-16H2,(H,19,20). The highest BCUT2D eigenvalue weighted by atomic mass is 16.4. The average molecular weight is 284 g/mol. The van der Waals surface area contributed by atoms with Crippen molar-refractivity contribution in [2.75, 3.05) is 6.61 Å². The fraction of sp³-hybridized carbons (Fsp3) is 0.824. The number of carbonyl (C=O) groups is 1. The average Bonchev–Trinajstić information content (AvgIpc) is 2.43. The molecule has 0 atom stereocenters. The minimum absolute atomic E-state index is 0.151. The molecule has 0 rings (SSSR count). The molecule has 20 heavy (non-hydrogen) atoms. The van der Waals surface area contributed by atoms with Crippen LogP contribution in [-0.2, 0) is 4.79 Å². The van der Waals surface area contributed by atoms with E-state index in [4.69, 9.17) is 10.2 Å². The summed E-state index contributed by atoms with van der Waals surface area (Å²) in [7, 11) is 0. The zero-order valence-corrected chi connectivity index (χ0v) is 12.9. The second kappa shape index (κ2) is 16.2. The van der Waals surface area contributed by atoms with E-state index < -0.39 is 5.97 Å². The number of carboxylic acid groups (broad SMARTS) is 1. The monoisotopic (exact) mass is 284 g/mol. The number of hydrogen-bond acceptors (Lipinski definition) is 2. The van der Waals surface area contributed by atoms with Gasteiger partial charge in [-0.1, -0.05) is 69.9 Å². The van der Waals surface area contributed by atoms with Gasteiger partial charge >= 0.3 is 5.97 Å². The second-order valence-electron chi connectivity index (χ2n) is 5.47. The van der Waals surface area contributed by atoms with Crippen molar-refractivity contribution < 1.29 is 15.0 Å². The number of aliphatic carboxylic acids is 1. The van der Waals surface area contributed by atoms with Crippen LogP contribution in [0, 0.1) is 0 Å². The van der Waals surface area contributed by atoms with Gasteiger partial charge < -0.3 is 10.2 Å². The number of unbranched alkanes of at least 4 members (excludes halogenated alkanes) is 11. The van der Waals surface area contributed by atoms with E-state index in [2.05, 4.69) is 0 Å². The zero-order chi connectivity index (χ0) is 14.9. The van der Waals surface area contributed by atoms with E-state index in [9.17, 15) is 4.79 Å². The SMILES string of the molecule is O=C(O)CC=CCCCCCCCCCCCCCO. The summed E-state index contributed by atoms with van der Waals surface area (Å²) in [5, 5.41) is 17.1. The first kappa shape index (κ1) is 19.2. The zero-order valence-electron chi connectivity index (χ0n) is 12.9. The summed E-state index contributed by atoms with van der Waals surface area (Å²) < 4.78 is 0. The fourth-order valence-electron chi connectivity index (χ4n) is 2.27. The third-order valence-electron chi connectivity index (χ3n) is 3.49. The molecule has 0 aromatic rings.